The molecule has 1 aromatic carbocycles. The van der Waals surface area contributed by atoms with Crippen LogP contribution in [-0.4, -0.2) is 59.2 Å². The average Bonchev–Trinajstić information content (AvgIpc) is 3.22. The molecule has 31 heavy (non-hydrogen) atoms. The van der Waals surface area contributed by atoms with Crippen LogP contribution >= 0.6 is 12.6 Å². The first-order valence-electron chi connectivity index (χ1n) is 9.98. The molecular formula is C22H26FN3O4S. The molecule has 0 amide bonds. The molecule has 0 saturated carbocycles. The number of aromatic nitrogens is 2. The van der Waals surface area contributed by atoms with Crippen LogP contribution in [0.15, 0.2) is 42.1 Å². The number of likely N-dealkylation sites (tertiary alicyclic amines) is 1. The van der Waals surface area contributed by atoms with Crippen molar-refractivity contribution < 1.29 is 23.5 Å². The monoisotopic (exact) mass is 447 g/mol. The topological polar surface area (TPSA) is 73.7 Å². The lowest BCUT2D eigenvalue weighted by Gasteiger charge is -2.36. The van der Waals surface area contributed by atoms with Crippen molar-refractivity contribution in [1.82, 2.24) is 14.7 Å². The van der Waals surface area contributed by atoms with Crippen LogP contribution in [0.3, 0.4) is 0 Å². The number of carbonyl (C=O) groups is 2. The SMILES string of the molecule is COC(=O)CCn1ccc(/C=C2\CN([C@@H](C(=O)OC)c3ccccc3F)CC[C@H]2S)n1. The summed E-state index contributed by atoms with van der Waals surface area (Å²) in [7, 11) is 2.66. The first kappa shape index (κ1) is 23.0. The lowest BCUT2D eigenvalue weighted by atomic mass is 9.97. The van der Waals surface area contributed by atoms with Crippen molar-refractivity contribution >= 4 is 30.6 Å². The number of hydrogen-bond acceptors (Lipinski definition) is 7. The molecule has 0 radical (unpaired) electrons. The van der Waals surface area contributed by atoms with Crippen LogP contribution in [0, 0.1) is 5.82 Å². The van der Waals surface area contributed by atoms with Crippen molar-refractivity contribution in [3.05, 3.63) is 59.2 Å². The van der Waals surface area contributed by atoms with Crippen molar-refractivity contribution in [3.8, 4) is 0 Å². The molecule has 0 bridgehead atoms. The molecule has 1 aliphatic rings. The van der Waals surface area contributed by atoms with Gasteiger partial charge < -0.3 is 9.47 Å². The number of halogens is 1. The van der Waals surface area contributed by atoms with E-state index < -0.39 is 17.8 Å². The third-order valence-electron chi connectivity index (χ3n) is 5.26. The predicted molar refractivity (Wildman–Crippen MR) is 117 cm³/mol. The maximum absolute atomic E-state index is 14.5. The zero-order chi connectivity index (χ0) is 22.4. The van der Waals surface area contributed by atoms with E-state index in [1.54, 1.807) is 29.1 Å². The molecule has 1 aromatic heterocycles. The molecule has 2 heterocycles. The summed E-state index contributed by atoms with van der Waals surface area (Å²) in [5.74, 6) is -1.24. The van der Waals surface area contributed by atoms with E-state index in [0.717, 1.165) is 11.3 Å². The van der Waals surface area contributed by atoms with Gasteiger partial charge in [-0.3, -0.25) is 14.4 Å². The fraction of sp³-hybridized carbons (Fsp3) is 0.409. The Hall–Kier alpha value is -2.65. The van der Waals surface area contributed by atoms with Crippen molar-refractivity contribution in [3.63, 3.8) is 0 Å². The molecule has 1 aliphatic heterocycles. The maximum atomic E-state index is 14.5. The van der Waals surface area contributed by atoms with Gasteiger partial charge in [-0.25, -0.2) is 9.18 Å². The molecule has 1 saturated heterocycles. The average molecular weight is 448 g/mol. The Labute approximate surface area is 186 Å². The molecular weight excluding hydrogens is 421 g/mol. The minimum Gasteiger partial charge on any atom is -0.469 e. The minimum atomic E-state index is -0.840. The van der Waals surface area contributed by atoms with Gasteiger partial charge in [0.25, 0.3) is 0 Å². The number of aryl methyl sites for hydroxylation is 1. The second kappa shape index (κ2) is 10.6. The second-order valence-electron chi connectivity index (χ2n) is 7.27. The van der Waals surface area contributed by atoms with Gasteiger partial charge >= 0.3 is 11.9 Å². The Morgan fingerprint density at radius 3 is 2.77 bits per heavy atom. The molecule has 2 aromatic rings. The zero-order valence-electron chi connectivity index (χ0n) is 17.5. The Morgan fingerprint density at radius 2 is 2.06 bits per heavy atom. The van der Waals surface area contributed by atoms with Gasteiger partial charge in [-0.1, -0.05) is 18.2 Å². The van der Waals surface area contributed by atoms with E-state index in [1.807, 2.05) is 17.0 Å². The lowest BCUT2D eigenvalue weighted by Crippen LogP contribution is -2.42. The van der Waals surface area contributed by atoms with E-state index in [2.05, 4.69) is 22.5 Å². The molecule has 1 fully saturated rings. The molecule has 0 unspecified atom stereocenters. The molecule has 7 nitrogen and oxygen atoms in total. The van der Waals surface area contributed by atoms with Crippen LogP contribution in [0.4, 0.5) is 4.39 Å². The summed E-state index contributed by atoms with van der Waals surface area (Å²) in [5.41, 5.74) is 1.98. The number of methoxy groups -OCH3 is 2. The molecule has 0 aliphatic carbocycles. The van der Waals surface area contributed by atoms with Crippen LogP contribution in [0.25, 0.3) is 6.08 Å². The standard InChI is InChI=1S/C22H26FN3O4S/c1-29-20(27)9-12-26-11-7-16(24-26)13-15-14-25(10-8-19(15)31)21(22(28)30-2)17-5-3-4-6-18(17)23/h3-7,11,13,19,21,31H,8-10,12,14H2,1-2H3/b15-13+/t19-,21-/m1/s1. The van der Waals surface area contributed by atoms with Crippen LogP contribution < -0.4 is 0 Å². The summed E-state index contributed by atoms with van der Waals surface area (Å²) >= 11 is 4.68. The van der Waals surface area contributed by atoms with Gasteiger partial charge in [-0.15, -0.1) is 0 Å². The summed E-state index contributed by atoms with van der Waals surface area (Å²) in [5, 5.41) is 4.46. The number of hydrogen-bond donors (Lipinski definition) is 1. The number of thiol groups is 1. The first-order chi connectivity index (χ1) is 14.9. The third-order valence-corrected chi connectivity index (χ3v) is 5.85. The van der Waals surface area contributed by atoms with Gasteiger partial charge in [-0.05, 0) is 30.2 Å². The van der Waals surface area contributed by atoms with Gasteiger partial charge in [0.15, 0.2) is 0 Å². The van der Waals surface area contributed by atoms with Gasteiger partial charge in [0, 0.05) is 30.1 Å². The van der Waals surface area contributed by atoms with Crippen LogP contribution in [0.5, 0.6) is 0 Å². The van der Waals surface area contributed by atoms with Crippen molar-refractivity contribution in [2.75, 3.05) is 27.3 Å². The molecule has 3 rings (SSSR count). The summed E-state index contributed by atoms with van der Waals surface area (Å²) in [6.07, 6.45) is 4.65. The van der Waals surface area contributed by atoms with E-state index in [1.165, 1.54) is 20.3 Å². The Morgan fingerprint density at radius 1 is 1.29 bits per heavy atom. The predicted octanol–water partition coefficient (Wildman–Crippen LogP) is 2.89. The molecule has 2 atom stereocenters. The largest absolute Gasteiger partial charge is 0.469 e. The second-order valence-corrected chi connectivity index (χ2v) is 7.89. The fourth-order valence-electron chi connectivity index (χ4n) is 3.61. The highest BCUT2D eigenvalue weighted by atomic mass is 32.1. The van der Waals surface area contributed by atoms with Gasteiger partial charge in [0.1, 0.15) is 11.9 Å². The van der Waals surface area contributed by atoms with Crippen LogP contribution in [0.2, 0.25) is 0 Å². The summed E-state index contributed by atoms with van der Waals surface area (Å²) in [6, 6.07) is 7.25. The quantitative estimate of drug-likeness (QED) is 0.520. The zero-order valence-corrected chi connectivity index (χ0v) is 18.4. The Bertz CT molecular complexity index is 962. The van der Waals surface area contributed by atoms with Crippen molar-refractivity contribution in [1.29, 1.82) is 0 Å². The number of rotatable bonds is 7. The van der Waals surface area contributed by atoms with Crippen molar-refractivity contribution in [2.24, 2.45) is 0 Å². The summed E-state index contributed by atoms with van der Waals surface area (Å²) < 4.78 is 25.8. The number of esters is 2. The molecule has 166 valence electrons. The highest BCUT2D eigenvalue weighted by Crippen LogP contribution is 2.31. The highest BCUT2D eigenvalue weighted by molar-refractivity contribution is 7.81. The molecule has 9 heteroatoms. The number of piperidine rings is 1. The van der Waals surface area contributed by atoms with Gasteiger partial charge in [0.05, 0.1) is 32.9 Å². The van der Waals surface area contributed by atoms with E-state index in [4.69, 9.17) is 4.74 Å². The van der Waals surface area contributed by atoms with Gasteiger partial charge in [0.2, 0.25) is 0 Å². The Balaban J connectivity index is 1.80. The molecule has 0 spiro atoms. The van der Waals surface area contributed by atoms with Crippen LogP contribution in [-0.2, 0) is 25.6 Å². The smallest absolute Gasteiger partial charge is 0.327 e. The normalized spacial score (nSPS) is 19.2. The molecule has 0 N–H and O–H groups in total. The summed E-state index contributed by atoms with van der Waals surface area (Å²) in [6.45, 7) is 1.43. The van der Waals surface area contributed by atoms with Crippen LogP contribution in [0.1, 0.15) is 30.1 Å². The first-order valence-corrected chi connectivity index (χ1v) is 10.5. The number of nitrogens with zero attached hydrogens (tertiary/aromatic N) is 3. The number of carbonyl (C=O) groups excluding carboxylic acids is 2. The summed E-state index contributed by atoms with van der Waals surface area (Å²) in [4.78, 5) is 25.8. The lowest BCUT2D eigenvalue weighted by molar-refractivity contribution is -0.147. The van der Waals surface area contributed by atoms with E-state index in [0.29, 0.717) is 31.6 Å². The Kier molecular flexibility index (Phi) is 7.86. The minimum absolute atomic E-state index is 0.00427. The van der Waals surface area contributed by atoms with E-state index in [9.17, 15) is 14.0 Å². The van der Waals surface area contributed by atoms with E-state index >= 15 is 0 Å². The third kappa shape index (κ3) is 5.74. The van der Waals surface area contributed by atoms with Gasteiger partial charge in [-0.2, -0.15) is 17.7 Å². The maximum Gasteiger partial charge on any atom is 0.327 e. The number of ether oxygens (including phenoxy) is 2. The van der Waals surface area contributed by atoms with E-state index in [-0.39, 0.29) is 17.6 Å². The fourth-order valence-corrected chi connectivity index (χ4v) is 3.88. The highest BCUT2D eigenvalue weighted by Gasteiger charge is 2.34. The number of benzene rings is 1. The van der Waals surface area contributed by atoms with Crippen molar-refractivity contribution in [2.45, 2.75) is 30.7 Å².